The normalized spacial score (nSPS) is 24.5. The number of ketones is 3. The Morgan fingerprint density at radius 2 is 1.58 bits per heavy atom. The number of terminal acetylenes is 1. The molecule has 0 radical (unpaired) electrons. The molecule has 0 aromatic heterocycles. The summed E-state index contributed by atoms with van der Waals surface area (Å²) in [5, 5.41) is 35.0. The number of allylic oxidation sites excluding steroid dienone is 7. The van der Waals surface area contributed by atoms with E-state index in [2.05, 4.69) is 45.8 Å². The summed E-state index contributed by atoms with van der Waals surface area (Å²) in [6.45, 7) is 17.1. The van der Waals surface area contributed by atoms with Crippen LogP contribution in [0.1, 0.15) is 152 Å². The Labute approximate surface area is 398 Å². The van der Waals surface area contributed by atoms with Crippen LogP contribution in [0.25, 0.3) is 0 Å². The molecule has 0 spiro atoms. The molecule has 0 bridgehead atoms. The number of aliphatic hydroxyl groups excluding tert-OH is 3. The summed E-state index contributed by atoms with van der Waals surface area (Å²) >= 11 is 0. The second-order valence-corrected chi connectivity index (χ2v) is 18.0. The molecular formula is C53H89NO12. The highest BCUT2D eigenvalue weighted by atomic mass is 16.6. The number of carbonyl (C=O) groups excluding carboxylic acids is 5. The molecule has 0 unspecified atom stereocenters. The van der Waals surface area contributed by atoms with Gasteiger partial charge in [-0.05, 0) is 108 Å². The molecule has 2 heterocycles. The number of ether oxygens (including phenoxy) is 3. The second-order valence-electron chi connectivity index (χ2n) is 18.0. The van der Waals surface area contributed by atoms with E-state index < -0.39 is 29.7 Å². The van der Waals surface area contributed by atoms with Gasteiger partial charge in [-0.15, -0.1) is 12.8 Å². The molecule has 3 aliphatic rings. The molecule has 13 heteroatoms. The predicted molar refractivity (Wildman–Crippen MR) is 262 cm³/mol. The molecule has 0 aromatic rings. The fraction of sp³-hybridized carbons (Fsp3) is 0.717. The van der Waals surface area contributed by atoms with E-state index in [1.807, 2.05) is 39.0 Å². The van der Waals surface area contributed by atoms with Gasteiger partial charge < -0.3 is 39.5 Å². The van der Waals surface area contributed by atoms with Gasteiger partial charge in [0.1, 0.15) is 17.7 Å². The van der Waals surface area contributed by atoms with Crippen LogP contribution in [0.2, 0.25) is 0 Å². The lowest BCUT2D eigenvalue weighted by molar-refractivity contribution is -0.240. The Morgan fingerprint density at radius 1 is 0.909 bits per heavy atom. The van der Waals surface area contributed by atoms with Gasteiger partial charge in [0.2, 0.25) is 5.79 Å². The maximum Gasteiger partial charge on any atom is 0.296 e. The zero-order chi connectivity index (χ0) is 50.8. The van der Waals surface area contributed by atoms with Crippen molar-refractivity contribution in [1.29, 1.82) is 0 Å². The van der Waals surface area contributed by atoms with E-state index in [-0.39, 0.29) is 66.6 Å². The first-order valence-corrected chi connectivity index (χ1v) is 23.9. The molecule has 0 aromatic carbocycles. The quantitative estimate of drug-likeness (QED) is 0.0268. The van der Waals surface area contributed by atoms with Gasteiger partial charge in [0, 0.05) is 65.0 Å². The third-order valence-electron chi connectivity index (χ3n) is 12.9. The Bertz CT molecular complexity index is 1530. The molecule has 4 N–H and O–H groups in total. The van der Waals surface area contributed by atoms with Crippen LogP contribution in [0.3, 0.4) is 0 Å². The number of likely N-dealkylation sites (tertiary alicyclic amines) is 1. The molecule has 3 rings (SSSR count). The first-order valence-electron chi connectivity index (χ1n) is 23.9. The molecule has 3 fully saturated rings. The molecule has 10 atom stereocenters. The number of aliphatic hydroxyl groups is 4. The number of nitrogens with zero attached hydrogens (tertiary/aromatic N) is 1. The number of methoxy groups -OCH3 is 1. The Hall–Kier alpha value is -3.77. The number of carbonyl (C=O) groups is 5. The molecule has 1 amide bonds. The number of hydrogen-bond donors (Lipinski definition) is 4. The van der Waals surface area contributed by atoms with Crippen molar-refractivity contribution in [3.8, 4) is 12.8 Å². The zero-order valence-electron chi connectivity index (χ0n) is 42.4. The molecule has 2 saturated heterocycles. The highest BCUT2D eigenvalue weighted by molar-refractivity contribution is 6.38. The fourth-order valence-corrected chi connectivity index (χ4v) is 8.42. The first-order chi connectivity index (χ1) is 31.5. The topological polar surface area (TPSA) is 197 Å². The molecule has 1 saturated carbocycles. The number of hydrogen-bond acceptors (Lipinski definition) is 12. The highest BCUT2D eigenvalue weighted by Gasteiger charge is 2.49. The zero-order valence-corrected chi connectivity index (χ0v) is 42.4. The van der Waals surface area contributed by atoms with Gasteiger partial charge in [0.15, 0.2) is 0 Å². The fourth-order valence-electron chi connectivity index (χ4n) is 8.42. The van der Waals surface area contributed by atoms with Crippen molar-refractivity contribution in [2.24, 2.45) is 29.6 Å². The van der Waals surface area contributed by atoms with Gasteiger partial charge in [-0.1, -0.05) is 89.5 Å². The third kappa shape index (κ3) is 24.3. The van der Waals surface area contributed by atoms with E-state index in [4.69, 9.17) is 24.4 Å². The van der Waals surface area contributed by atoms with E-state index in [9.17, 15) is 34.2 Å². The maximum atomic E-state index is 12.8. The number of piperidine rings is 1. The Balaban J connectivity index is 0. The predicted octanol–water partition coefficient (Wildman–Crippen LogP) is 8.06. The van der Waals surface area contributed by atoms with Gasteiger partial charge in [-0.3, -0.25) is 24.0 Å². The largest absolute Gasteiger partial charge is 0.464 e. The minimum absolute atomic E-state index is 0.0144. The van der Waals surface area contributed by atoms with Crippen molar-refractivity contribution in [3.05, 3.63) is 47.6 Å². The van der Waals surface area contributed by atoms with Crippen molar-refractivity contribution in [2.45, 2.75) is 182 Å². The van der Waals surface area contributed by atoms with Crippen molar-refractivity contribution in [2.75, 3.05) is 34.5 Å². The number of rotatable bonds is 22. The van der Waals surface area contributed by atoms with Gasteiger partial charge in [0.25, 0.3) is 18.2 Å². The molecule has 1 aliphatic carbocycles. The lowest BCUT2D eigenvalue weighted by Crippen LogP contribution is -2.57. The van der Waals surface area contributed by atoms with Crippen LogP contribution in [0.5, 0.6) is 0 Å². The van der Waals surface area contributed by atoms with Gasteiger partial charge in [0.05, 0.1) is 18.8 Å². The number of Topliss-reactive ketones (excluding diaryl/α,β-unsaturated/α-hetero) is 3. The van der Waals surface area contributed by atoms with Crippen LogP contribution < -0.4 is 0 Å². The smallest absolute Gasteiger partial charge is 0.296 e. The maximum absolute atomic E-state index is 12.8. The molecular weight excluding hydrogens is 843 g/mol. The van der Waals surface area contributed by atoms with Crippen LogP contribution in [0.4, 0.5) is 0 Å². The summed E-state index contributed by atoms with van der Waals surface area (Å²) in [4.78, 5) is 62.8. The monoisotopic (exact) mass is 932 g/mol. The standard InChI is InChI=1S/C35H56O6.C14H23NO4.C2H2.2CH4O/c1-8-25(2)13-10-9-11-14-26(3)19-28(5)34(39)23-33(38)27(4)17-18-31(37)22-35(41-24-36)29(6)20-30-15-12-16-32(21-30)40-7;1-10-6-5-9-19-14(10,18)12(16)13(17)15-8-4-3-7-11(15)2;3*1-2/h9-11,13-14,17,24,26,28-30,32-33,35,38H,8,12,15-16,18-23H2,1-7H3;10-11,18H,3-9H2,1-2H3;1-2H;2*2H,1H3/b10-9+,14-11+,25-13+,27-17+;;;;/t26-,28-,29-,30+,32+,33+,35+;10-,11-,14-;;;/m11.../s1. The average Bonchev–Trinajstić information content (AvgIpc) is 3.33. The van der Waals surface area contributed by atoms with Crippen molar-refractivity contribution < 1.29 is 58.6 Å². The number of amides is 1. The summed E-state index contributed by atoms with van der Waals surface area (Å²) in [5.74, 6) is -3.05. The first kappa shape index (κ1) is 64.3. The minimum Gasteiger partial charge on any atom is -0.464 e. The second kappa shape index (κ2) is 37.2. The van der Waals surface area contributed by atoms with Crippen LogP contribution in [0, 0.1) is 42.4 Å². The molecule has 66 heavy (non-hydrogen) atoms. The van der Waals surface area contributed by atoms with Crippen LogP contribution >= 0.6 is 0 Å². The molecule has 378 valence electrons. The average molecular weight is 932 g/mol. The van der Waals surface area contributed by atoms with Crippen LogP contribution in [0.15, 0.2) is 47.6 Å². The third-order valence-corrected chi connectivity index (χ3v) is 12.9. The highest BCUT2D eigenvalue weighted by Crippen LogP contribution is 2.33. The lowest BCUT2D eigenvalue weighted by atomic mass is 9.80. The van der Waals surface area contributed by atoms with Crippen molar-refractivity contribution in [1.82, 2.24) is 4.90 Å². The van der Waals surface area contributed by atoms with Gasteiger partial charge in [-0.2, -0.15) is 0 Å². The summed E-state index contributed by atoms with van der Waals surface area (Å²) < 4.78 is 16.1. The van der Waals surface area contributed by atoms with Gasteiger partial charge in [-0.25, -0.2) is 0 Å². The van der Waals surface area contributed by atoms with E-state index in [1.54, 1.807) is 31.9 Å². The minimum atomic E-state index is -1.92. The summed E-state index contributed by atoms with van der Waals surface area (Å²) in [6, 6.07) is 0.0627. The van der Waals surface area contributed by atoms with Crippen molar-refractivity contribution >= 4 is 29.7 Å². The SMILES string of the molecule is C#C.CC/C(C)=C/C=C/C=C/[C@@H](C)C[C@@H](C)C(=O)C[C@H](O)/C(C)=C/CC(=O)C[C@H](OC=O)[C@H](C)C[C@@H]1CCC[C@H](OC)C1.CO.CO.C[C@@H]1CCCCN1C(=O)C(=O)[C@]1(O)OCCC[C@H]1C. The lowest BCUT2D eigenvalue weighted by Gasteiger charge is -2.39. The van der Waals surface area contributed by atoms with E-state index in [0.29, 0.717) is 44.0 Å². The summed E-state index contributed by atoms with van der Waals surface area (Å²) in [7, 11) is 3.75. The summed E-state index contributed by atoms with van der Waals surface area (Å²) in [5.41, 5.74) is 1.94. The van der Waals surface area contributed by atoms with Crippen LogP contribution in [-0.4, -0.2) is 120 Å². The van der Waals surface area contributed by atoms with Crippen molar-refractivity contribution in [3.63, 3.8) is 0 Å². The molecule has 13 nitrogen and oxygen atoms in total. The van der Waals surface area contributed by atoms with E-state index in [0.717, 1.165) is 78.4 Å². The molecule has 2 aliphatic heterocycles. The Morgan fingerprint density at radius 3 is 2.17 bits per heavy atom. The summed E-state index contributed by atoms with van der Waals surface area (Å²) in [6.07, 6.45) is 30.6. The van der Waals surface area contributed by atoms with E-state index >= 15 is 0 Å². The Kier molecular flexibility index (Phi) is 36.3. The van der Waals surface area contributed by atoms with E-state index in [1.165, 1.54) is 5.57 Å². The van der Waals surface area contributed by atoms with Crippen LogP contribution in [-0.2, 0) is 38.2 Å². The van der Waals surface area contributed by atoms with Gasteiger partial charge >= 0.3 is 0 Å².